The number of hydrogen-bond acceptors (Lipinski definition) is 3. The van der Waals surface area contributed by atoms with Gasteiger partial charge in [0.05, 0.1) is 11.2 Å². The maximum Gasteiger partial charge on any atom is 0.251 e. The van der Waals surface area contributed by atoms with Crippen molar-refractivity contribution in [1.82, 2.24) is 10.3 Å². The van der Waals surface area contributed by atoms with Crippen LogP contribution < -0.4 is 16.2 Å². The third-order valence-electron chi connectivity index (χ3n) is 3.49. The first-order chi connectivity index (χ1) is 8.74. The van der Waals surface area contributed by atoms with Gasteiger partial charge in [0.25, 0.3) is 5.56 Å². The Bertz CT molecular complexity index is 626. The van der Waals surface area contributed by atoms with Crippen LogP contribution in [0.4, 0.5) is 5.69 Å². The van der Waals surface area contributed by atoms with Crippen LogP contribution in [-0.4, -0.2) is 24.1 Å². The molecule has 1 aromatic carbocycles. The molecule has 2 aromatic rings. The standard InChI is InChI=1S/C14H17N3O/c1-9-7-10-3-2-4-12(13(10)17-14(9)18)16-11-5-6-15-8-11/h2-4,7,11,15-16H,5-6,8H2,1H3,(H,17,18)/t11-/m1/s1. The highest BCUT2D eigenvalue weighted by Gasteiger charge is 2.15. The number of para-hydroxylation sites is 1. The van der Waals surface area contributed by atoms with E-state index in [1.807, 2.05) is 31.2 Å². The van der Waals surface area contributed by atoms with Gasteiger partial charge in [0, 0.05) is 23.5 Å². The summed E-state index contributed by atoms with van der Waals surface area (Å²) >= 11 is 0. The zero-order chi connectivity index (χ0) is 12.5. The summed E-state index contributed by atoms with van der Waals surface area (Å²) in [5, 5.41) is 7.90. The lowest BCUT2D eigenvalue weighted by atomic mass is 10.1. The molecule has 1 aliphatic rings. The molecule has 94 valence electrons. The van der Waals surface area contributed by atoms with Crippen molar-refractivity contribution >= 4 is 16.6 Å². The minimum Gasteiger partial charge on any atom is -0.379 e. The van der Waals surface area contributed by atoms with Crippen molar-refractivity contribution in [2.75, 3.05) is 18.4 Å². The van der Waals surface area contributed by atoms with Crippen LogP contribution in [0, 0.1) is 6.92 Å². The van der Waals surface area contributed by atoms with Gasteiger partial charge < -0.3 is 15.6 Å². The average Bonchev–Trinajstić information content (AvgIpc) is 2.84. The number of benzene rings is 1. The Morgan fingerprint density at radius 2 is 2.28 bits per heavy atom. The Labute approximate surface area is 105 Å². The van der Waals surface area contributed by atoms with Crippen LogP contribution in [0.15, 0.2) is 29.1 Å². The van der Waals surface area contributed by atoms with Crippen molar-refractivity contribution in [3.63, 3.8) is 0 Å². The summed E-state index contributed by atoms with van der Waals surface area (Å²) in [4.78, 5) is 14.7. The predicted molar refractivity (Wildman–Crippen MR) is 74.2 cm³/mol. The summed E-state index contributed by atoms with van der Waals surface area (Å²) in [6, 6.07) is 8.44. The molecule has 2 heterocycles. The van der Waals surface area contributed by atoms with Crippen molar-refractivity contribution in [2.24, 2.45) is 0 Å². The normalized spacial score (nSPS) is 19.3. The van der Waals surface area contributed by atoms with Crippen molar-refractivity contribution in [3.8, 4) is 0 Å². The van der Waals surface area contributed by atoms with Crippen LogP contribution in [0.2, 0.25) is 0 Å². The number of aromatic nitrogens is 1. The molecule has 0 radical (unpaired) electrons. The molecule has 4 nitrogen and oxygen atoms in total. The van der Waals surface area contributed by atoms with Crippen LogP contribution >= 0.6 is 0 Å². The van der Waals surface area contributed by atoms with E-state index in [0.717, 1.165) is 41.7 Å². The third kappa shape index (κ3) is 1.99. The molecule has 0 bridgehead atoms. The second-order valence-electron chi connectivity index (χ2n) is 4.89. The van der Waals surface area contributed by atoms with Gasteiger partial charge in [-0.15, -0.1) is 0 Å². The quantitative estimate of drug-likeness (QED) is 0.751. The number of nitrogens with one attached hydrogen (secondary N) is 3. The van der Waals surface area contributed by atoms with Crippen LogP contribution in [0.25, 0.3) is 10.9 Å². The largest absolute Gasteiger partial charge is 0.379 e. The number of hydrogen-bond donors (Lipinski definition) is 3. The number of anilines is 1. The summed E-state index contributed by atoms with van der Waals surface area (Å²) in [7, 11) is 0. The molecule has 1 fully saturated rings. The lowest BCUT2D eigenvalue weighted by Crippen LogP contribution is -2.22. The summed E-state index contributed by atoms with van der Waals surface area (Å²) in [6.07, 6.45) is 1.12. The topological polar surface area (TPSA) is 56.9 Å². The van der Waals surface area contributed by atoms with Crippen LogP contribution in [0.1, 0.15) is 12.0 Å². The molecular weight excluding hydrogens is 226 g/mol. The molecular formula is C14H17N3O. The zero-order valence-electron chi connectivity index (χ0n) is 10.4. The van der Waals surface area contributed by atoms with Gasteiger partial charge in [-0.1, -0.05) is 12.1 Å². The van der Waals surface area contributed by atoms with Crippen molar-refractivity contribution in [3.05, 3.63) is 40.2 Å². The molecule has 1 saturated heterocycles. The lowest BCUT2D eigenvalue weighted by Gasteiger charge is -2.15. The van der Waals surface area contributed by atoms with E-state index < -0.39 is 0 Å². The van der Waals surface area contributed by atoms with Crippen LogP contribution in [-0.2, 0) is 0 Å². The SMILES string of the molecule is Cc1cc2cccc(N[C@@H]3CCNC3)c2[nH]c1=O. The van der Waals surface area contributed by atoms with E-state index in [9.17, 15) is 4.79 Å². The van der Waals surface area contributed by atoms with Gasteiger partial charge in [-0.2, -0.15) is 0 Å². The van der Waals surface area contributed by atoms with Gasteiger partial charge in [0.1, 0.15) is 0 Å². The molecule has 18 heavy (non-hydrogen) atoms. The van der Waals surface area contributed by atoms with Crippen molar-refractivity contribution in [1.29, 1.82) is 0 Å². The van der Waals surface area contributed by atoms with E-state index in [1.54, 1.807) is 0 Å². The number of pyridine rings is 1. The number of H-pyrrole nitrogens is 1. The number of rotatable bonds is 2. The Morgan fingerprint density at radius 3 is 3.06 bits per heavy atom. The third-order valence-corrected chi connectivity index (χ3v) is 3.49. The number of aromatic amines is 1. The summed E-state index contributed by atoms with van der Waals surface area (Å²) in [5.74, 6) is 0. The molecule has 1 aliphatic heterocycles. The molecule has 0 spiro atoms. The first-order valence-electron chi connectivity index (χ1n) is 6.34. The molecule has 3 rings (SSSR count). The molecule has 3 N–H and O–H groups in total. The summed E-state index contributed by atoms with van der Waals surface area (Å²) in [6.45, 7) is 3.86. The van der Waals surface area contributed by atoms with Crippen molar-refractivity contribution < 1.29 is 0 Å². The fourth-order valence-corrected chi connectivity index (χ4v) is 2.46. The van der Waals surface area contributed by atoms with Gasteiger partial charge in [-0.05, 0) is 32.0 Å². The Kier molecular flexibility index (Phi) is 2.80. The van der Waals surface area contributed by atoms with Crippen LogP contribution in [0.3, 0.4) is 0 Å². The van der Waals surface area contributed by atoms with E-state index in [-0.39, 0.29) is 5.56 Å². The van der Waals surface area contributed by atoms with E-state index in [0.29, 0.717) is 6.04 Å². The van der Waals surface area contributed by atoms with E-state index in [2.05, 4.69) is 15.6 Å². The van der Waals surface area contributed by atoms with E-state index in [1.165, 1.54) is 0 Å². The molecule has 4 heteroatoms. The molecule has 1 atom stereocenters. The number of aryl methyl sites for hydroxylation is 1. The summed E-state index contributed by atoms with van der Waals surface area (Å²) in [5.41, 5.74) is 2.65. The highest BCUT2D eigenvalue weighted by Crippen LogP contribution is 2.22. The highest BCUT2D eigenvalue weighted by molar-refractivity contribution is 5.90. The fourth-order valence-electron chi connectivity index (χ4n) is 2.46. The van der Waals surface area contributed by atoms with Crippen molar-refractivity contribution in [2.45, 2.75) is 19.4 Å². The van der Waals surface area contributed by atoms with Crippen LogP contribution in [0.5, 0.6) is 0 Å². The van der Waals surface area contributed by atoms with Gasteiger partial charge in [0.15, 0.2) is 0 Å². The average molecular weight is 243 g/mol. The first kappa shape index (κ1) is 11.3. The number of fused-ring (bicyclic) bond motifs is 1. The van der Waals surface area contributed by atoms with E-state index in [4.69, 9.17) is 0 Å². The van der Waals surface area contributed by atoms with E-state index >= 15 is 0 Å². The molecule has 0 unspecified atom stereocenters. The monoisotopic (exact) mass is 243 g/mol. The Balaban J connectivity index is 2.05. The first-order valence-corrected chi connectivity index (χ1v) is 6.34. The maximum absolute atomic E-state index is 11.7. The fraction of sp³-hybridized carbons (Fsp3) is 0.357. The minimum absolute atomic E-state index is 0.0127. The zero-order valence-corrected chi connectivity index (χ0v) is 10.4. The van der Waals surface area contributed by atoms with Gasteiger partial charge in [-0.25, -0.2) is 0 Å². The Morgan fingerprint density at radius 1 is 1.39 bits per heavy atom. The maximum atomic E-state index is 11.7. The highest BCUT2D eigenvalue weighted by atomic mass is 16.1. The lowest BCUT2D eigenvalue weighted by molar-refractivity contribution is 0.794. The molecule has 0 amide bonds. The molecule has 1 aromatic heterocycles. The molecule has 0 saturated carbocycles. The second-order valence-corrected chi connectivity index (χ2v) is 4.89. The summed E-state index contributed by atoms with van der Waals surface area (Å²) < 4.78 is 0. The van der Waals surface area contributed by atoms with Gasteiger partial charge in [-0.3, -0.25) is 4.79 Å². The van der Waals surface area contributed by atoms with Gasteiger partial charge >= 0.3 is 0 Å². The molecule has 0 aliphatic carbocycles. The Hall–Kier alpha value is -1.81. The predicted octanol–water partition coefficient (Wildman–Crippen LogP) is 1.61. The second kappa shape index (κ2) is 4.46. The smallest absolute Gasteiger partial charge is 0.251 e. The van der Waals surface area contributed by atoms with Gasteiger partial charge in [0.2, 0.25) is 0 Å². The minimum atomic E-state index is -0.0127.